The van der Waals surface area contributed by atoms with Crippen molar-refractivity contribution in [2.45, 2.75) is 25.8 Å². The van der Waals surface area contributed by atoms with Gasteiger partial charge in [0, 0.05) is 13.1 Å². The molecule has 1 atom stereocenters. The molecule has 1 fully saturated rings. The van der Waals surface area contributed by atoms with E-state index in [1.165, 1.54) is 6.92 Å². The van der Waals surface area contributed by atoms with Crippen LogP contribution < -0.4 is 14.4 Å². The molecule has 0 bridgehead atoms. The van der Waals surface area contributed by atoms with Gasteiger partial charge in [-0.15, -0.1) is 0 Å². The lowest BCUT2D eigenvalue weighted by molar-refractivity contribution is -0.116. The van der Waals surface area contributed by atoms with Crippen molar-refractivity contribution < 1.29 is 22.7 Å². The van der Waals surface area contributed by atoms with Crippen molar-refractivity contribution in [3.63, 3.8) is 0 Å². The topological polar surface area (TPSA) is 96.0 Å². The van der Waals surface area contributed by atoms with Gasteiger partial charge in [-0.1, -0.05) is 30.3 Å². The molecule has 0 aromatic heterocycles. The molecule has 1 heterocycles. The van der Waals surface area contributed by atoms with Crippen molar-refractivity contribution in [1.29, 1.82) is 0 Å². The molecule has 0 spiro atoms. The summed E-state index contributed by atoms with van der Waals surface area (Å²) in [4.78, 5) is 27.9. The van der Waals surface area contributed by atoms with Crippen molar-refractivity contribution in [2.75, 3.05) is 29.0 Å². The van der Waals surface area contributed by atoms with E-state index in [0.29, 0.717) is 41.5 Å². The van der Waals surface area contributed by atoms with E-state index in [9.17, 15) is 18.0 Å². The van der Waals surface area contributed by atoms with E-state index < -0.39 is 22.0 Å². The molecule has 3 aromatic carbocycles. The lowest BCUT2D eigenvalue weighted by atomic mass is 10.1. The highest BCUT2D eigenvalue weighted by molar-refractivity contribution is 7.92. The number of nitrogens with zero attached hydrogens (tertiary/aromatic N) is 2. The number of rotatable bonds is 8. The Morgan fingerprint density at radius 3 is 2.11 bits per heavy atom. The standard InChI is InChI=1S/C27H29N3O5S/c1-20(26(31)28-25-13-7-6-12-24(25)27(32)29-18-8-9-19-29)30(36(2,33)34)21-14-16-23(17-15-21)35-22-10-4-3-5-11-22/h3-7,10-17,20H,8-9,18-19H2,1-2H3,(H,28,31)/t20-/m0/s1. The molecule has 4 rings (SSSR count). The van der Waals surface area contributed by atoms with Gasteiger partial charge in [-0.05, 0) is 68.3 Å². The van der Waals surface area contributed by atoms with Crippen LogP contribution in [0.4, 0.5) is 11.4 Å². The fraction of sp³-hybridized carbons (Fsp3) is 0.259. The first kappa shape index (κ1) is 25.2. The number of carbonyl (C=O) groups is 2. The molecule has 2 amide bonds. The SMILES string of the molecule is C[C@@H](C(=O)Nc1ccccc1C(=O)N1CCCC1)N(c1ccc(Oc2ccccc2)cc1)S(C)(=O)=O. The van der Waals surface area contributed by atoms with Gasteiger partial charge in [0.25, 0.3) is 5.91 Å². The smallest absolute Gasteiger partial charge is 0.255 e. The van der Waals surface area contributed by atoms with E-state index in [2.05, 4.69) is 5.32 Å². The van der Waals surface area contributed by atoms with E-state index in [0.717, 1.165) is 23.4 Å². The fourth-order valence-corrected chi connectivity index (χ4v) is 5.38. The van der Waals surface area contributed by atoms with Crippen molar-refractivity contribution in [3.8, 4) is 11.5 Å². The van der Waals surface area contributed by atoms with Gasteiger partial charge in [-0.3, -0.25) is 13.9 Å². The van der Waals surface area contributed by atoms with Crippen molar-refractivity contribution in [1.82, 2.24) is 4.90 Å². The lowest BCUT2D eigenvalue weighted by Gasteiger charge is -2.28. The van der Waals surface area contributed by atoms with Crippen LogP contribution in [-0.2, 0) is 14.8 Å². The predicted molar refractivity (Wildman–Crippen MR) is 140 cm³/mol. The molecular formula is C27H29N3O5S. The zero-order chi connectivity index (χ0) is 25.7. The molecule has 1 saturated heterocycles. The number of amides is 2. The summed E-state index contributed by atoms with van der Waals surface area (Å²) in [5, 5.41) is 2.76. The molecular weight excluding hydrogens is 478 g/mol. The lowest BCUT2D eigenvalue weighted by Crippen LogP contribution is -2.45. The van der Waals surface area contributed by atoms with Crippen LogP contribution in [0.25, 0.3) is 0 Å². The van der Waals surface area contributed by atoms with Crippen molar-refractivity contribution in [2.24, 2.45) is 0 Å². The number of ether oxygens (including phenoxy) is 1. The fourth-order valence-electron chi connectivity index (χ4n) is 4.20. The van der Waals surface area contributed by atoms with E-state index in [1.807, 2.05) is 30.3 Å². The molecule has 1 N–H and O–H groups in total. The summed E-state index contributed by atoms with van der Waals surface area (Å²) in [5.74, 6) is 0.488. The van der Waals surface area contributed by atoms with Crippen LogP contribution in [0, 0.1) is 0 Å². The van der Waals surface area contributed by atoms with Crippen LogP contribution in [0.5, 0.6) is 11.5 Å². The maximum atomic E-state index is 13.2. The summed E-state index contributed by atoms with van der Waals surface area (Å²) < 4.78 is 32.3. The predicted octanol–water partition coefficient (Wildman–Crippen LogP) is 4.51. The number of para-hydroxylation sites is 2. The van der Waals surface area contributed by atoms with Gasteiger partial charge in [0.2, 0.25) is 15.9 Å². The minimum atomic E-state index is -3.81. The van der Waals surface area contributed by atoms with Gasteiger partial charge in [-0.25, -0.2) is 8.42 Å². The molecule has 1 aliphatic rings. The van der Waals surface area contributed by atoms with Crippen LogP contribution in [0.3, 0.4) is 0 Å². The molecule has 9 heteroatoms. The minimum absolute atomic E-state index is 0.148. The number of anilines is 2. The third kappa shape index (κ3) is 5.85. The monoisotopic (exact) mass is 507 g/mol. The average Bonchev–Trinajstić information content (AvgIpc) is 3.40. The van der Waals surface area contributed by atoms with E-state index in [4.69, 9.17) is 4.74 Å². The second-order valence-electron chi connectivity index (χ2n) is 8.68. The summed E-state index contributed by atoms with van der Waals surface area (Å²) in [5.41, 5.74) is 1.06. The molecule has 0 radical (unpaired) electrons. The number of carbonyl (C=O) groups excluding carboxylic acids is 2. The Kier molecular flexibility index (Phi) is 7.59. The maximum absolute atomic E-state index is 13.2. The second-order valence-corrected chi connectivity index (χ2v) is 10.5. The van der Waals surface area contributed by atoms with Crippen LogP contribution in [0.15, 0.2) is 78.9 Å². The third-order valence-electron chi connectivity index (χ3n) is 5.97. The van der Waals surface area contributed by atoms with E-state index >= 15 is 0 Å². The Morgan fingerprint density at radius 2 is 1.47 bits per heavy atom. The van der Waals surface area contributed by atoms with Crippen LogP contribution >= 0.6 is 0 Å². The van der Waals surface area contributed by atoms with Gasteiger partial charge in [0.1, 0.15) is 17.5 Å². The van der Waals surface area contributed by atoms with Crippen LogP contribution in [0.2, 0.25) is 0 Å². The van der Waals surface area contributed by atoms with Gasteiger partial charge in [-0.2, -0.15) is 0 Å². The van der Waals surface area contributed by atoms with Crippen LogP contribution in [0.1, 0.15) is 30.1 Å². The Morgan fingerprint density at radius 1 is 0.889 bits per heavy atom. The van der Waals surface area contributed by atoms with E-state index in [1.54, 1.807) is 53.4 Å². The molecule has 0 aliphatic carbocycles. The van der Waals surface area contributed by atoms with Gasteiger partial charge in [0.15, 0.2) is 0 Å². The normalized spacial score (nSPS) is 14.2. The largest absolute Gasteiger partial charge is 0.457 e. The Labute approximate surface area is 211 Å². The number of hydrogen-bond acceptors (Lipinski definition) is 5. The zero-order valence-electron chi connectivity index (χ0n) is 20.3. The van der Waals surface area contributed by atoms with Gasteiger partial charge < -0.3 is 15.0 Å². The Bertz CT molecular complexity index is 1320. The summed E-state index contributed by atoms with van der Waals surface area (Å²) >= 11 is 0. The molecule has 3 aromatic rings. The van der Waals surface area contributed by atoms with Gasteiger partial charge in [0.05, 0.1) is 23.2 Å². The van der Waals surface area contributed by atoms with E-state index in [-0.39, 0.29) is 5.91 Å². The van der Waals surface area contributed by atoms with Crippen molar-refractivity contribution >= 4 is 33.2 Å². The Balaban J connectivity index is 1.53. The molecule has 8 nitrogen and oxygen atoms in total. The highest BCUT2D eigenvalue weighted by Gasteiger charge is 2.30. The summed E-state index contributed by atoms with van der Waals surface area (Å²) in [6.07, 6.45) is 2.96. The number of benzene rings is 3. The molecule has 188 valence electrons. The number of nitrogens with one attached hydrogen (secondary N) is 1. The molecule has 0 saturated carbocycles. The molecule has 1 aliphatic heterocycles. The van der Waals surface area contributed by atoms with Gasteiger partial charge >= 0.3 is 0 Å². The number of sulfonamides is 1. The zero-order valence-corrected chi connectivity index (χ0v) is 21.1. The number of hydrogen-bond donors (Lipinski definition) is 1. The number of likely N-dealkylation sites (tertiary alicyclic amines) is 1. The summed E-state index contributed by atoms with van der Waals surface area (Å²) in [7, 11) is -3.81. The Hall–Kier alpha value is -3.85. The molecule has 0 unspecified atom stereocenters. The third-order valence-corrected chi connectivity index (χ3v) is 7.21. The highest BCUT2D eigenvalue weighted by atomic mass is 32.2. The summed E-state index contributed by atoms with van der Waals surface area (Å²) in [6.45, 7) is 2.88. The first-order valence-electron chi connectivity index (χ1n) is 11.8. The highest BCUT2D eigenvalue weighted by Crippen LogP contribution is 2.28. The first-order valence-corrected chi connectivity index (χ1v) is 13.6. The first-order chi connectivity index (χ1) is 17.2. The van der Waals surface area contributed by atoms with Crippen LogP contribution in [-0.4, -0.2) is 50.5 Å². The van der Waals surface area contributed by atoms with Crippen molar-refractivity contribution in [3.05, 3.63) is 84.4 Å². The second kappa shape index (κ2) is 10.8. The average molecular weight is 508 g/mol. The maximum Gasteiger partial charge on any atom is 0.255 e. The summed E-state index contributed by atoms with van der Waals surface area (Å²) in [6, 6.07) is 21.4. The minimum Gasteiger partial charge on any atom is -0.457 e. The quantitative estimate of drug-likeness (QED) is 0.484. The molecule has 36 heavy (non-hydrogen) atoms.